The molecule has 156 valence electrons. The molecule has 0 spiro atoms. The second-order valence-electron chi connectivity index (χ2n) is 7.56. The average molecular weight is 410 g/mol. The number of imide groups is 1. The molecule has 0 radical (unpaired) electrons. The number of nitrogens with one attached hydrogen (secondary N) is 3. The third-order valence-corrected chi connectivity index (χ3v) is 5.49. The van der Waals surface area contributed by atoms with Crippen molar-refractivity contribution in [2.45, 2.75) is 12.5 Å². The van der Waals surface area contributed by atoms with E-state index in [1.807, 2.05) is 6.07 Å². The molecule has 1 aromatic carbocycles. The zero-order chi connectivity index (χ0) is 21.1. The van der Waals surface area contributed by atoms with E-state index in [4.69, 9.17) is 0 Å². The van der Waals surface area contributed by atoms with E-state index in [-0.39, 0.29) is 12.5 Å². The van der Waals surface area contributed by atoms with Crippen LogP contribution >= 0.6 is 0 Å². The second kappa shape index (κ2) is 8.07. The maximum Gasteiger partial charge on any atom is 0.344 e. The molecular weight excluding hydrogens is 386 g/mol. The summed E-state index contributed by atoms with van der Waals surface area (Å²) in [6, 6.07) is 10.1. The molecule has 0 aliphatic carbocycles. The number of urea groups is 1. The lowest BCUT2D eigenvalue weighted by Crippen LogP contribution is -3.16. The van der Waals surface area contributed by atoms with Crippen LogP contribution in [0.5, 0.6) is 0 Å². The molecule has 10 nitrogen and oxygen atoms in total. The number of hydrogen-bond donors (Lipinski definition) is 3. The lowest BCUT2D eigenvalue weighted by atomic mass is 9.92. The zero-order valence-corrected chi connectivity index (χ0v) is 16.7. The first-order chi connectivity index (χ1) is 14.5. The normalized spacial score (nSPS) is 22.2. The van der Waals surface area contributed by atoms with Crippen molar-refractivity contribution in [1.29, 1.82) is 0 Å². The molecule has 4 rings (SSSR count). The van der Waals surface area contributed by atoms with Crippen LogP contribution in [-0.2, 0) is 15.1 Å². The lowest BCUT2D eigenvalue weighted by Gasteiger charge is -2.31. The van der Waals surface area contributed by atoms with Gasteiger partial charge in [-0.05, 0) is 18.6 Å². The van der Waals surface area contributed by atoms with E-state index in [0.29, 0.717) is 11.5 Å². The van der Waals surface area contributed by atoms with E-state index in [0.717, 1.165) is 36.1 Å². The van der Waals surface area contributed by atoms with E-state index < -0.39 is 17.5 Å². The molecule has 3 N–H and O–H groups in total. The fourth-order valence-electron chi connectivity index (χ4n) is 3.75. The van der Waals surface area contributed by atoms with Crippen LogP contribution in [-0.4, -0.2) is 65.5 Å². The number of hydrazine groups is 1. The molecule has 10 heteroatoms. The lowest BCUT2D eigenvalue weighted by molar-refractivity contribution is -0.892. The van der Waals surface area contributed by atoms with Gasteiger partial charge < -0.3 is 15.1 Å². The third-order valence-electron chi connectivity index (χ3n) is 5.49. The number of nitrogens with zero attached hydrogens (tertiary/aromatic N) is 4. The van der Waals surface area contributed by atoms with Crippen LogP contribution in [0.3, 0.4) is 0 Å². The number of benzene rings is 1. The largest absolute Gasteiger partial charge is 0.344 e. The van der Waals surface area contributed by atoms with Crippen molar-refractivity contribution in [3.63, 3.8) is 0 Å². The van der Waals surface area contributed by atoms with Crippen molar-refractivity contribution in [3.8, 4) is 0 Å². The predicted molar refractivity (Wildman–Crippen MR) is 107 cm³/mol. The van der Waals surface area contributed by atoms with E-state index >= 15 is 0 Å². The highest BCUT2D eigenvalue weighted by molar-refractivity contribution is 6.08. The molecule has 1 aromatic heterocycles. The first-order valence-corrected chi connectivity index (χ1v) is 9.84. The number of piperazine rings is 1. The molecule has 30 heavy (non-hydrogen) atoms. The minimum Gasteiger partial charge on any atom is -0.330 e. The molecular formula is C20H24N7O3+. The zero-order valence-electron chi connectivity index (χ0n) is 16.7. The number of quaternary nitrogens is 1. The summed E-state index contributed by atoms with van der Waals surface area (Å²) in [4.78, 5) is 49.4. The summed E-state index contributed by atoms with van der Waals surface area (Å²) in [5.41, 5.74) is 1.92. The third kappa shape index (κ3) is 3.81. The molecule has 4 amide bonds. The van der Waals surface area contributed by atoms with Crippen LogP contribution in [0, 0.1) is 0 Å². The van der Waals surface area contributed by atoms with Crippen LogP contribution in [0.2, 0.25) is 0 Å². The van der Waals surface area contributed by atoms with Crippen molar-refractivity contribution >= 4 is 23.8 Å². The number of carbonyl (C=O) groups excluding carboxylic acids is 3. The standard InChI is InChI=1S/C20H23N7O3/c1-20(15-6-3-2-4-7-15)17(29)27(19(30)23-20)24-16(28)14-25-10-12-26(13-11-25)18-21-8-5-9-22-18/h2-9H,10-14H2,1H3,(H,23,30)(H,24,28)/p+1/t20-/m0/s1. The number of anilines is 1. The molecule has 0 unspecified atom stereocenters. The van der Waals surface area contributed by atoms with Crippen LogP contribution in [0.1, 0.15) is 12.5 Å². The molecule has 2 fully saturated rings. The van der Waals surface area contributed by atoms with E-state index in [1.54, 1.807) is 49.6 Å². The van der Waals surface area contributed by atoms with E-state index in [9.17, 15) is 14.4 Å². The number of amides is 4. The summed E-state index contributed by atoms with van der Waals surface area (Å²) in [6.45, 7) is 4.71. The van der Waals surface area contributed by atoms with Gasteiger partial charge in [0.1, 0.15) is 5.54 Å². The van der Waals surface area contributed by atoms with Crippen LogP contribution in [0.4, 0.5) is 10.7 Å². The Morgan fingerprint density at radius 1 is 1.13 bits per heavy atom. The summed E-state index contributed by atoms with van der Waals surface area (Å²) in [6.07, 6.45) is 3.41. The highest BCUT2D eigenvalue weighted by Crippen LogP contribution is 2.27. The maximum atomic E-state index is 12.9. The Hall–Kier alpha value is -3.53. The van der Waals surface area contributed by atoms with Crippen LogP contribution in [0.15, 0.2) is 48.8 Å². The van der Waals surface area contributed by atoms with Gasteiger partial charge in [-0.25, -0.2) is 14.8 Å². The Balaban J connectivity index is 1.32. The number of rotatable bonds is 5. The van der Waals surface area contributed by atoms with Crippen LogP contribution in [0.25, 0.3) is 0 Å². The fraction of sp³-hybridized carbons (Fsp3) is 0.350. The van der Waals surface area contributed by atoms with Gasteiger partial charge in [-0.15, -0.1) is 0 Å². The van der Waals surface area contributed by atoms with Gasteiger partial charge in [-0.1, -0.05) is 30.3 Å². The Morgan fingerprint density at radius 3 is 2.47 bits per heavy atom. The van der Waals surface area contributed by atoms with E-state index in [1.165, 1.54) is 0 Å². The van der Waals surface area contributed by atoms with Crippen LogP contribution < -0.4 is 20.5 Å². The molecule has 1 atom stereocenters. The van der Waals surface area contributed by atoms with Crippen molar-refractivity contribution in [2.75, 3.05) is 37.6 Å². The molecule has 2 saturated heterocycles. The highest BCUT2D eigenvalue weighted by atomic mass is 16.2. The first-order valence-electron chi connectivity index (χ1n) is 9.84. The summed E-state index contributed by atoms with van der Waals surface area (Å²) in [5, 5.41) is 3.46. The summed E-state index contributed by atoms with van der Waals surface area (Å²) in [7, 11) is 0. The van der Waals surface area contributed by atoms with Gasteiger partial charge in [-0.3, -0.25) is 15.0 Å². The summed E-state index contributed by atoms with van der Waals surface area (Å²) in [5.74, 6) is -0.205. The van der Waals surface area contributed by atoms with Crippen molar-refractivity contribution in [1.82, 2.24) is 25.7 Å². The number of carbonyl (C=O) groups is 3. The predicted octanol–water partition coefficient (Wildman–Crippen LogP) is -1.32. The minimum atomic E-state index is -1.21. The molecule has 0 saturated carbocycles. The van der Waals surface area contributed by atoms with Gasteiger partial charge in [0, 0.05) is 12.4 Å². The number of hydrogen-bond acceptors (Lipinski definition) is 6. The van der Waals surface area contributed by atoms with Gasteiger partial charge in [0.25, 0.3) is 11.8 Å². The Bertz CT molecular complexity index is 932. The fourth-order valence-corrected chi connectivity index (χ4v) is 3.75. The Morgan fingerprint density at radius 2 is 1.80 bits per heavy atom. The van der Waals surface area contributed by atoms with E-state index in [2.05, 4.69) is 25.6 Å². The van der Waals surface area contributed by atoms with Crippen molar-refractivity contribution < 1.29 is 19.3 Å². The highest BCUT2D eigenvalue weighted by Gasteiger charge is 2.50. The Labute approximate surface area is 173 Å². The second-order valence-corrected chi connectivity index (χ2v) is 7.56. The molecule has 2 aliphatic rings. The van der Waals surface area contributed by atoms with Gasteiger partial charge in [0.15, 0.2) is 6.54 Å². The number of aromatic nitrogens is 2. The van der Waals surface area contributed by atoms with Gasteiger partial charge in [0.05, 0.1) is 26.2 Å². The van der Waals surface area contributed by atoms with Crippen molar-refractivity contribution in [3.05, 3.63) is 54.4 Å². The topological polar surface area (TPSA) is 112 Å². The Kier molecular flexibility index (Phi) is 5.32. The maximum absolute atomic E-state index is 12.9. The molecule has 2 aromatic rings. The monoisotopic (exact) mass is 410 g/mol. The molecule has 2 aliphatic heterocycles. The average Bonchev–Trinajstić information content (AvgIpc) is 2.99. The smallest absolute Gasteiger partial charge is 0.330 e. The molecule has 0 bridgehead atoms. The summed E-state index contributed by atoms with van der Waals surface area (Å²) >= 11 is 0. The van der Waals surface area contributed by atoms with Gasteiger partial charge in [0.2, 0.25) is 5.95 Å². The molecule has 3 heterocycles. The van der Waals surface area contributed by atoms with Gasteiger partial charge >= 0.3 is 6.03 Å². The summed E-state index contributed by atoms with van der Waals surface area (Å²) < 4.78 is 0. The quantitative estimate of drug-likeness (QED) is 0.527. The first kappa shape index (κ1) is 19.8. The van der Waals surface area contributed by atoms with Crippen molar-refractivity contribution in [2.24, 2.45) is 0 Å². The SMILES string of the molecule is C[C@@]1(c2ccccc2)NC(=O)N(NC(=O)C[NH+]2CCN(c3ncccn3)CC2)C1=O. The van der Waals surface area contributed by atoms with Gasteiger partial charge in [-0.2, -0.15) is 5.01 Å². The minimum absolute atomic E-state index is 0.169.